The summed E-state index contributed by atoms with van der Waals surface area (Å²) >= 11 is 1.88. The molecule has 3 aliphatic heterocycles. The van der Waals surface area contributed by atoms with E-state index in [0.29, 0.717) is 6.54 Å². The molecule has 24 heavy (non-hydrogen) atoms. The van der Waals surface area contributed by atoms with Crippen LogP contribution in [0.25, 0.3) is 0 Å². The quantitative estimate of drug-likeness (QED) is 0.651. The predicted octanol–water partition coefficient (Wildman–Crippen LogP) is -0.198. The second-order valence-electron chi connectivity index (χ2n) is 6.46. The Morgan fingerprint density at radius 2 is 1.83 bits per heavy atom. The summed E-state index contributed by atoms with van der Waals surface area (Å²) in [5, 5.41) is 0. The molecule has 3 rings (SSSR count). The van der Waals surface area contributed by atoms with Gasteiger partial charge in [0.25, 0.3) is 0 Å². The molecule has 0 aromatic heterocycles. The van der Waals surface area contributed by atoms with E-state index < -0.39 is 0 Å². The third-order valence-corrected chi connectivity index (χ3v) is 5.98. The van der Waals surface area contributed by atoms with Crippen molar-refractivity contribution in [3.63, 3.8) is 0 Å². The van der Waals surface area contributed by atoms with Gasteiger partial charge in [-0.15, -0.1) is 0 Å². The number of imide groups is 1. The van der Waals surface area contributed by atoms with E-state index in [9.17, 15) is 14.4 Å². The number of ether oxygens (including phenoxy) is 1. The van der Waals surface area contributed by atoms with Gasteiger partial charge >= 0.3 is 0 Å². The molecular formula is C16H25N3O4S. The molecule has 0 N–H and O–H groups in total. The van der Waals surface area contributed by atoms with E-state index in [1.54, 1.807) is 0 Å². The Morgan fingerprint density at radius 3 is 2.54 bits per heavy atom. The first-order valence-corrected chi connectivity index (χ1v) is 9.81. The maximum absolute atomic E-state index is 12.8. The lowest BCUT2D eigenvalue weighted by atomic mass is 10.2. The molecule has 0 bridgehead atoms. The first-order valence-electron chi connectivity index (χ1n) is 8.65. The number of likely N-dealkylation sites (tertiary alicyclic amines) is 1. The predicted molar refractivity (Wildman–Crippen MR) is 90.7 cm³/mol. The van der Waals surface area contributed by atoms with Crippen molar-refractivity contribution >= 4 is 29.5 Å². The van der Waals surface area contributed by atoms with Gasteiger partial charge in [0.05, 0.1) is 19.3 Å². The van der Waals surface area contributed by atoms with Gasteiger partial charge in [-0.1, -0.05) is 0 Å². The smallest absolute Gasteiger partial charge is 0.243 e. The fourth-order valence-electron chi connectivity index (χ4n) is 3.42. The lowest BCUT2D eigenvalue weighted by molar-refractivity contribution is -0.146. The van der Waals surface area contributed by atoms with Gasteiger partial charge in [-0.25, -0.2) is 0 Å². The van der Waals surface area contributed by atoms with Crippen molar-refractivity contribution in [3.8, 4) is 0 Å². The molecule has 134 valence electrons. The fourth-order valence-corrected chi connectivity index (χ4v) is 4.47. The molecule has 1 atom stereocenters. The van der Waals surface area contributed by atoms with Crippen LogP contribution in [-0.4, -0.2) is 95.9 Å². The number of morpholine rings is 1. The number of rotatable bonds is 4. The molecule has 7 nitrogen and oxygen atoms in total. The van der Waals surface area contributed by atoms with Gasteiger partial charge < -0.3 is 9.64 Å². The molecular weight excluding hydrogens is 330 g/mol. The molecule has 3 aliphatic rings. The van der Waals surface area contributed by atoms with Crippen LogP contribution in [-0.2, 0) is 19.1 Å². The topological polar surface area (TPSA) is 70.2 Å². The van der Waals surface area contributed by atoms with Crippen LogP contribution in [0.5, 0.6) is 0 Å². The van der Waals surface area contributed by atoms with Gasteiger partial charge in [-0.2, -0.15) is 11.8 Å². The van der Waals surface area contributed by atoms with Gasteiger partial charge in [0.15, 0.2) is 0 Å². The van der Waals surface area contributed by atoms with E-state index in [0.717, 1.165) is 55.7 Å². The van der Waals surface area contributed by atoms with Crippen molar-refractivity contribution in [2.45, 2.75) is 25.3 Å². The van der Waals surface area contributed by atoms with Crippen LogP contribution in [0, 0.1) is 0 Å². The van der Waals surface area contributed by atoms with Crippen LogP contribution in [0.2, 0.25) is 0 Å². The minimum Gasteiger partial charge on any atom is -0.379 e. The van der Waals surface area contributed by atoms with Crippen LogP contribution in [0.4, 0.5) is 0 Å². The highest BCUT2D eigenvalue weighted by Crippen LogP contribution is 2.19. The summed E-state index contributed by atoms with van der Waals surface area (Å²) in [5.74, 6) is 1.42. The zero-order valence-electron chi connectivity index (χ0n) is 13.9. The van der Waals surface area contributed by atoms with Crippen molar-refractivity contribution in [1.29, 1.82) is 0 Å². The minimum atomic E-state index is -0.220. The molecule has 0 unspecified atom stereocenters. The molecule has 0 aliphatic carbocycles. The maximum Gasteiger partial charge on any atom is 0.243 e. The Bertz CT molecular complexity index is 480. The molecule has 0 saturated carbocycles. The zero-order valence-corrected chi connectivity index (χ0v) is 14.8. The van der Waals surface area contributed by atoms with E-state index in [-0.39, 0.29) is 43.1 Å². The maximum atomic E-state index is 12.8. The molecule has 0 aromatic rings. The standard InChI is InChI=1S/C16H25N3O4S/c20-14-2-3-15(21)19(14)11-16(22)18-4-1-9-24-12-13(18)10-17-5-7-23-8-6-17/h13H,1-12H2/t13-/m1/s1. The Balaban J connectivity index is 1.63. The zero-order chi connectivity index (χ0) is 16.9. The van der Waals surface area contributed by atoms with E-state index in [1.165, 1.54) is 0 Å². The fraction of sp³-hybridized carbons (Fsp3) is 0.812. The highest BCUT2D eigenvalue weighted by atomic mass is 32.2. The molecule has 3 fully saturated rings. The molecule has 8 heteroatoms. The molecule has 0 radical (unpaired) electrons. The van der Waals surface area contributed by atoms with Gasteiger partial charge in [0.2, 0.25) is 17.7 Å². The average Bonchev–Trinajstić information content (AvgIpc) is 2.79. The Kier molecular flexibility index (Phi) is 6.13. The van der Waals surface area contributed by atoms with E-state index in [4.69, 9.17) is 4.74 Å². The summed E-state index contributed by atoms with van der Waals surface area (Å²) < 4.78 is 5.39. The van der Waals surface area contributed by atoms with Crippen LogP contribution >= 0.6 is 11.8 Å². The van der Waals surface area contributed by atoms with Crippen molar-refractivity contribution < 1.29 is 19.1 Å². The number of thioether (sulfide) groups is 1. The third kappa shape index (κ3) is 4.29. The van der Waals surface area contributed by atoms with E-state index in [1.807, 2.05) is 16.7 Å². The van der Waals surface area contributed by atoms with Crippen molar-refractivity contribution in [2.75, 3.05) is 57.4 Å². The summed E-state index contributed by atoms with van der Waals surface area (Å²) in [7, 11) is 0. The summed E-state index contributed by atoms with van der Waals surface area (Å²) in [6, 6.07) is 0.135. The van der Waals surface area contributed by atoms with Crippen LogP contribution in [0.1, 0.15) is 19.3 Å². The van der Waals surface area contributed by atoms with E-state index in [2.05, 4.69) is 4.90 Å². The Labute approximate surface area is 146 Å². The number of amides is 3. The largest absolute Gasteiger partial charge is 0.379 e. The summed E-state index contributed by atoms with van der Waals surface area (Å²) in [6.07, 6.45) is 1.43. The monoisotopic (exact) mass is 355 g/mol. The summed E-state index contributed by atoms with van der Waals surface area (Å²) in [6.45, 7) is 4.72. The highest BCUT2D eigenvalue weighted by Gasteiger charge is 2.34. The number of carbonyl (C=O) groups excluding carboxylic acids is 3. The Hall–Kier alpha value is -1.12. The van der Waals surface area contributed by atoms with Gasteiger partial charge in [-0.05, 0) is 12.2 Å². The van der Waals surface area contributed by atoms with Crippen LogP contribution < -0.4 is 0 Å². The van der Waals surface area contributed by atoms with Crippen LogP contribution in [0.3, 0.4) is 0 Å². The first kappa shape index (κ1) is 17.7. The lowest BCUT2D eigenvalue weighted by Crippen LogP contribution is -2.53. The second kappa shape index (κ2) is 8.31. The average molecular weight is 355 g/mol. The number of nitrogens with zero attached hydrogens (tertiary/aromatic N) is 3. The molecule has 3 amide bonds. The molecule has 3 saturated heterocycles. The number of hydrogen-bond acceptors (Lipinski definition) is 6. The lowest BCUT2D eigenvalue weighted by Gasteiger charge is -2.36. The second-order valence-corrected chi connectivity index (χ2v) is 7.61. The van der Waals surface area contributed by atoms with Gasteiger partial charge in [0.1, 0.15) is 6.54 Å². The first-order chi connectivity index (χ1) is 11.6. The normalized spacial score (nSPS) is 26.8. The molecule has 0 spiro atoms. The molecule has 0 aromatic carbocycles. The van der Waals surface area contributed by atoms with Crippen molar-refractivity contribution in [3.05, 3.63) is 0 Å². The summed E-state index contributed by atoms with van der Waals surface area (Å²) in [4.78, 5) is 41.7. The van der Waals surface area contributed by atoms with Crippen molar-refractivity contribution in [2.24, 2.45) is 0 Å². The minimum absolute atomic E-state index is 0.0953. The van der Waals surface area contributed by atoms with Crippen LogP contribution in [0.15, 0.2) is 0 Å². The van der Waals surface area contributed by atoms with Gasteiger partial charge in [0, 0.05) is 44.8 Å². The van der Waals surface area contributed by atoms with E-state index >= 15 is 0 Å². The Morgan fingerprint density at radius 1 is 1.12 bits per heavy atom. The summed E-state index contributed by atoms with van der Waals surface area (Å²) in [5.41, 5.74) is 0. The highest BCUT2D eigenvalue weighted by molar-refractivity contribution is 7.99. The third-order valence-electron chi connectivity index (χ3n) is 4.78. The van der Waals surface area contributed by atoms with Gasteiger partial charge in [-0.3, -0.25) is 24.2 Å². The number of carbonyl (C=O) groups is 3. The van der Waals surface area contributed by atoms with Crippen molar-refractivity contribution in [1.82, 2.24) is 14.7 Å². The molecule has 3 heterocycles. The SMILES string of the molecule is O=C1CCC(=O)N1CC(=O)N1CCCSC[C@H]1CN1CCOCC1. The number of hydrogen-bond donors (Lipinski definition) is 0.